The summed E-state index contributed by atoms with van der Waals surface area (Å²) in [6, 6.07) is 0. The number of esters is 2. The fourth-order valence-corrected chi connectivity index (χ4v) is 0.704. The normalized spacial score (nSPS) is 9.00. The molecule has 0 saturated heterocycles. The highest BCUT2D eigenvalue weighted by Gasteiger charge is 2.03. The van der Waals surface area contributed by atoms with Crippen LogP contribution in [0.15, 0.2) is 36.5 Å². The lowest BCUT2D eigenvalue weighted by molar-refractivity contribution is -0.136. The van der Waals surface area contributed by atoms with Crippen molar-refractivity contribution in [2.45, 2.75) is 13.3 Å². The van der Waals surface area contributed by atoms with E-state index in [1.807, 2.05) is 0 Å². The van der Waals surface area contributed by atoms with Crippen LogP contribution in [0.4, 0.5) is 0 Å². The lowest BCUT2D eigenvalue weighted by atomic mass is 10.2. The third kappa shape index (κ3) is 11.9. The Hall–Kier alpha value is -2.37. The maximum absolute atomic E-state index is 10.7. The molecule has 0 atom stereocenters. The average Bonchev–Trinajstić information content (AvgIpc) is 2.36. The SMILES string of the molecule is C=C(C)C(=O)OC.C=C(CC=CC(=O)O)C(=O)OC. The molecule has 0 aliphatic carbocycles. The number of allylic oxidation sites excluding steroid dienone is 1. The van der Waals surface area contributed by atoms with Gasteiger partial charge in [-0.1, -0.05) is 19.2 Å². The molecule has 0 aromatic carbocycles. The molecule has 19 heavy (non-hydrogen) atoms. The van der Waals surface area contributed by atoms with E-state index in [9.17, 15) is 14.4 Å². The minimum atomic E-state index is -1.05. The van der Waals surface area contributed by atoms with E-state index in [-0.39, 0.29) is 18.0 Å². The van der Waals surface area contributed by atoms with E-state index < -0.39 is 11.9 Å². The predicted molar refractivity (Wildman–Crippen MR) is 69.4 cm³/mol. The molecule has 0 aliphatic heterocycles. The van der Waals surface area contributed by atoms with E-state index in [0.717, 1.165) is 6.08 Å². The highest BCUT2D eigenvalue weighted by Crippen LogP contribution is 2.00. The average molecular weight is 270 g/mol. The van der Waals surface area contributed by atoms with E-state index in [0.29, 0.717) is 5.57 Å². The Morgan fingerprint density at radius 2 is 1.58 bits per heavy atom. The number of carboxylic acid groups (broad SMARTS) is 1. The molecule has 0 radical (unpaired) electrons. The first-order valence-corrected chi connectivity index (χ1v) is 5.15. The van der Waals surface area contributed by atoms with Crippen molar-refractivity contribution in [1.82, 2.24) is 0 Å². The van der Waals surface area contributed by atoms with Crippen molar-refractivity contribution in [3.8, 4) is 0 Å². The van der Waals surface area contributed by atoms with Gasteiger partial charge in [-0.2, -0.15) is 0 Å². The summed E-state index contributed by atoms with van der Waals surface area (Å²) in [6.07, 6.45) is 2.48. The maximum atomic E-state index is 10.7. The minimum absolute atomic E-state index is 0.193. The van der Waals surface area contributed by atoms with Crippen molar-refractivity contribution in [1.29, 1.82) is 0 Å². The van der Waals surface area contributed by atoms with Gasteiger partial charge in [0, 0.05) is 17.2 Å². The first-order chi connectivity index (χ1) is 8.76. The zero-order chi connectivity index (χ0) is 15.4. The molecule has 0 amide bonds. The Morgan fingerprint density at radius 1 is 1.11 bits per heavy atom. The fourth-order valence-electron chi connectivity index (χ4n) is 0.704. The van der Waals surface area contributed by atoms with E-state index in [1.165, 1.54) is 20.3 Å². The second-order valence-electron chi connectivity index (χ2n) is 3.31. The third-order valence-electron chi connectivity index (χ3n) is 1.63. The summed E-state index contributed by atoms with van der Waals surface area (Å²) in [6.45, 7) is 8.36. The van der Waals surface area contributed by atoms with Crippen LogP contribution in [-0.2, 0) is 23.9 Å². The predicted octanol–water partition coefficient (Wildman–Crippen LogP) is 1.48. The Balaban J connectivity index is 0. The number of hydrogen-bond donors (Lipinski definition) is 1. The van der Waals surface area contributed by atoms with E-state index >= 15 is 0 Å². The summed E-state index contributed by atoms with van der Waals surface area (Å²) < 4.78 is 8.62. The second-order valence-corrected chi connectivity index (χ2v) is 3.31. The lowest BCUT2D eigenvalue weighted by Crippen LogP contribution is -2.02. The zero-order valence-corrected chi connectivity index (χ0v) is 11.3. The summed E-state index contributed by atoms with van der Waals surface area (Å²) in [4.78, 5) is 30.9. The van der Waals surface area contributed by atoms with Gasteiger partial charge in [0.25, 0.3) is 0 Å². The van der Waals surface area contributed by atoms with Crippen molar-refractivity contribution in [2.24, 2.45) is 0 Å². The van der Waals surface area contributed by atoms with E-state index in [1.54, 1.807) is 6.92 Å². The van der Waals surface area contributed by atoms with Crippen LogP contribution in [0, 0.1) is 0 Å². The number of carboxylic acids is 1. The Bertz CT molecular complexity index is 392. The second kappa shape index (κ2) is 10.8. The van der Waals surface area contributed by atoms with Crippen molar-refractivity contribution < 1.29 is 29.0 Å². The highest BCUT2D eigenvalue weighted by atomic mass is 16.5. The van der Waals surface area contributed by atoms with Crippen LogP contribution < -0.4 is 0 Å². The number of hydrogen-bond acceptors (Lipinski definition) is 5. The van der Waals surface area contributed by atoms with Gasteiger partial charge in [-0.05, 0) is 13.3 Å². The standard InChI is InChI=1S/C8H10O4.C5H8O2/c1-6(8(11)12-2)4-3-5-7(9)10;1-4(2)5(6)7-3/h3,5H,1,4H2,2H3,(H,9,10);1H2,2-3H3. The van der Waals surface area contributed by atoms with E-state index in [4.69, 9.17) is 5.11 Å². The highest BCUT2D eigenvalue weighted by molar-refractivity contribution is 5.88. The number of carbonyl (C=O) groups excluding carboxylic acids is 2. The Kier molecular flexibility index (Phi) is 10.8. The van der Waals surface area contributed by atoms with Crippen molar-refractivity contribution in [3.63, 3.8) is 0 Å². The van der Waals surface area contributed by atoms with Crippen LogP contribution in [0.5, 0.6) is 0 Å². The third-order valence-corrected chi connectivity index (χ3v) is 1.63. The molecule has 0 heterocycles. The molecular formula is C13H18O6. The summed E-state index contributed by atoms with van der Waals surface area (Å²) in [5.41, 5.74) is 0.664. The molecule has 0 saturated carbocycles. The van der Waals surface area contributed by atoms with Crippen molar-refractivity contribution in [2.75, 3.05) is 14.2 Å². The summed E-state index contributed by atoms with van der Waals surface area (Å²) in [5.74, 6) is -1.92. The topological polar surface area (TPSA) is 89.9 Å². The van der Waals surface area contributed by atoms with Crippen LogP contribution in [0.1, 0.15) is 13.3 Å². The van der Waals surface area contributed by atoms with Crippen LogP contribution >= 0.6 is 0 Å². The van der Waals surface area contributed by atoms with Crippen molar-refractivity contribution in [3.05, 3.63) is 36.5 Å². The molecule has 1 N–H and O–H groups in total. The molecule has 6 heteroatoms. The quantitative estimate of drug-likeness (QED) is 0.601. The number of methoxy groups -OCH3 is 2. The molecule has 0 unspecified atom stereocenters. The van der Waals surface area contributed by atoms with Crippen LogP contribution in [0.2, 0.25) is 0 Å². The molecule has 0 spiro atoms. The maximum Gasteiger partial charge on any atom is 0.333 e. The summed E-state index contributed by atoms with van der Waals surface area (Å²) in [7, 11) is 2.57. The summed E-state index contributed by atoms with van der Waals surface area (Å²) >= 11 is 0. The van der Waals surface area contributed by atoms with Gasteiger partial charge < -0.3 is 14.6 Å². The van der Waals surface area contributed by atoms with Gasteiger partial charge in [-0.25, -0.2) is 14.4 Å². The Labute approximate surface area is 112 Å². The van der Waals surface area contributed by atoms with Gasteiger partial charge in [0.2, 0.25) is 0 Å². The van der Waals surface area contributed by atoms with E-state index in [2.05, 4.69) is 22.6 Å². The Morgan fingerprint density at radius 3 is 1.84 bits per heavy atom. The molecule has 0 aliphatic rings. The molecule has 6 nitrogen and oxygen atoms in total. The van der Waals surface area contributed by atoms with Gasteiger partial charge in [0.1, 0.15) is 0 Å². The van der Waals surface area contributed by atoms with Crippen LogP contribution in [0.3, 0.4) is 0 Å². The van der Waals surface area contributed by atoms with Crippen LogP contribution in [0.25, 0.3) is 0 Å². The first kappa shape index (κ1) is 19.0. The zero-order valence-electron chi connectivity index (χ0n) is 11.3. The van der Waals surface area contributed by atoms with Crippen molar-refractivity contribution >= 4 is 17.9 Å². The van der Waals surface area contributed by atoms with Crippen LogP contribution in [-0.4, -0.2) is 37.2 Å². The molecule has 106 valence electrons. The van der Waals surface area contributed by atoms with Gasteiger partial charge in [-0.15, -0.1) is 0 Å². The molecule has 0 bridgehead atoms. The molecular weight excluding hydrogens is 252 g/mol. The number of aliphatic carboxylic acids is 1. The lowest BCUT2D eigenvalue weighted by Gasteiger charge is -1.97. The molecule has 0 aromatic heterocycles. The number of ether oxygens (including phenoxy) is 2. The fraction of sp³-hybridized carbons (Fsp3) is 0.308. The van der Waals surface area contributed by atoms with Gasteiger partial charge in [0.05, 0.1) is 14.2 Å². The minimum Gasteiger partial charge on any atom is -0.478 e. The molecule has 0 aromatic rings. The largest absolute Gasteiger partial charge is 0.478 e. The van der Waals surface area contributed by atoms with Gasteiger partial charge >= 0.3 is 17.9 Å². The molecule has 0 fully saturated rings. The van der Waals surface area contributed by atoms with Gasteiger partial charge in [0.15, 0.2) is 0 Å². The monoisotopic (exact) mass is 270 g/mol. The smallest absolute Gasteiger partial charge is 0.333 e. The molecule has 0 rings (SSSR count). The number of rotatable bonds is 5. The number of carbonyl (C=O) groups is 3. The van der Waals surface area contributed by atoms with Gasteiger partial charge in [-0.3, -0.25) is 0 Å². The first-order valence-electron chi connectivity index (χ1n) is 5.15. The summed E-state index contributed by atoms with van der Waals surface area (Å²) in [5, 5.41) is 8.19.